The van der Waals surface area contributed by atoms with Crippen LogP contribution in [0, 0.1) is 17.8 Å². The molecule has 0 saturated carbocycles. The molecule has 0 bridgehead atoms. The fourth-order valence-electron chi connectivity index (χ4n) is 3.49. The molecule has 3 amide bonds. The number of nitrogens with zero attached hydrogens (tertiary/aromatic N) is 1. The summed E-state index contributed by atoms with van der Waals surface area (Å²) in [5, 5.41) is 17.4. The normalized spacial score (nSPS) is 15.4. The fourth-order valence-corrected chi connectivity index (χ4v) is 3.49. The lowest BCUT2D eigenvalue weighted by Gasteiger charge is -2.27. The van der Waals surface area contributed by atoms with Crippen LogP contribution in [0.1, 0.15) is 73.6 Å². The summed E-state index contributed by atoms with van der Waals surface area (Å²) in [6.45, 7) is 11.5. The zero-order valence-electron chi connectivity index (χ0n) is 22.5. The number of aliphatic imine (C=N–C) groups is 1. The maximum atomic E-state index is 13.2. The Morgan fingerprint density at radius 2 is 1.28 bits per heavy atom. The molecular formula is C24H47N7O5. The first-order chi connectivity index (χ1) is 16.7. The smallest absolute Gasteiger partial charge is 0.326 e. The summed E-state index contributed by atoms with van der Waals surface area (Å²) >= 11 is 0. The number of hydrogen-bond donors (Lipinski definition) is 7. The van der Waals surface area contributed by atoms with Crippen LogP contribution in [-0.4, -0.2) is 65.5 Å². The number of nitrogens with one attached hydrogen (secondary N) is 3. The molecule has 10 N–H and O–H groups in total. The summed E-state index contributed by atoms with van der Waals surface area (Å²) in [4.78, 5) is 54.4. The third-order valence-electron chi connectivity index (χ3n) is 5.80. The molecule has 0 spiro atoms. The highest BCUT2D eigenvalue weighted by atomic mass is 16.4. The quantitative estimate of drug-likeness (QED) is 0.0798. The first kappa shape index (κ1) is 33.1. The molecule has 0 aromatic carbocycles. The number of carboxylic acid groups (broad SMARTS) is 1. The average molecular weight is 514 g/mol. The van der Waals surface area contributed by atoms with E-state index in [1.807, 2.05) is 41.5 Å². The van der Waals surface area contributed by atoms with Gasteiger partial charge in [-0.15, -0.1) is 0 Å². The van der Waals surface area contributed by atoms with Crippen molar-refractivity contribution in [2.24, 2.45) is 39.9 Å². The van der Waals surface area contributed by atoms with E-state index in [9.17, 15) is 24.3 Å². The molecule has 5 unspecified atom stereocenters. The Bertz CT molecular complexity index is 753. The number of rotatable bonds is 17. The second-order valence-electron chi connectivity index (χ2n) is 10.1. The third-order valence-corrected chi connectivity index (χ3v) is 5.80. The van der Waals surface area contributed by atoms with Gasteiger partial charge in [-0.3, -0.25) is 19.4 Å². The van der Waals surface area contributed by atoms with Gasteiger partial charge in [0, 0.05) is 6.54 Å². The molecule has 0 fully saturated rings. The number of aliphatic carboxylic acids is 1. The van der Waals surface area contributed by atoms with Crippen molar-refractivity contribution in [2.45, 2.75) is 97.8 Å². The Labute approximate surface area is 214 Å². The minimum absolute atomic E-state index is 0.0293. The predicted octanol–water partition coefficient (Wildman–Crippen LogP) is 0.0446. The van der Waals surface area contributed by atoms with Crippen LogP contribution >= 0.6 is 0 Å². The zero-order valence-corrected chi connectivity index (χ0v) is 22.5. The first-order valence-corrected chi connectivity index (χ1v) is 12.6. The van der Waals surface area contributed by atoms with E-state index < -0.39 is 47.9 Å². The van der Waals surface area contributed by atoms with E-state index in [-0.39, 0.29) is 43.1 Å². The van der Waals surface area contributed by atoms with E-state index in [2.05, 4.69) is 20.9 Å². The Kier molecular flexibility index (Phi) is 15.4. The van der Waals surface area contributed by atoms with Crippen molar-refractivity contribution in [3.8, 4) is 0 Å². The lowest BCUT2D eigenvalue weighted by atomic mass is 9.97. The summed E-state index contributed by atoms with van der Waals surface area (Å²) < 4.78 is 0. The standard InChI is InChI=1S/C24H47N7O5/c1-7-15(6)19(25)22(34)30-17(11-13(2)3)21(33)29-16(9-8-10-28-24(26)27)20(32)31-18(23(35)36)12-14(4)5/h13-19H,7-12,25H2,1-6H3,(H,29,33)(H,30,34)(H,31,32)(H,35,36)(H4,26,27,28). The van der Waals surface area contributed by atoms with Gasteiger partial charge in [0.15, 0.2) is 5.96 Å². The van der Waals surface area contributed by atoms with Gasteiger partial charge >= 0.3 is 5.97 Å². The van der Waals surface area contributed by atoms with Crippen LogP contribution in [0.2, 0.25) is 0 Å². The maximum absolute atomic E-state index is 13.2. The molecule has 0 saturated heterocycles. The first-order valence-electron chi connectivity index (χ1n) is 12.6. The molecule has 0 aliphatic heterocycles. The Hall–Kier alpha value is -2.89. The number of carbonyl (C=O) groups is 4. The molecule has 0 rings (SSSR count). The third kappa shape index (κ3) is 13.3. The summed E-state index contributed by atoms with van der Waals surface area (Å²) in [6, 6.07) is -3.83. The topological polar surface area (TPSA) is 215 Å². The van der Waals surface area contributed by atoms with Gasteiger partial charge in [0.1, 0.15) is 18.1 Å². The van der Waals surface area contributed by atoms with Crippen LogP contribution in [-0.2, 0) is 19.2 Å². The van der Waals surface area contributed by atoms with E-state index in [0.717, 1.165) is 0 Å². The van der Waals surface area contributed by atoms with Crippen molar-refractivity contribution in [1.82, 2.24) is 16.0 Å². The Morgan fingerprint density at radius 3 is 1.75 bits per heavy atom. The van der Waals surface area contributed by atoms with Crippen molar-refractivity contribution >= 4 is 29.7 Å². The summed E-state index contributed by atoms with van der Waals surface area (Å²) in [6.07, 6.45) is 1.79. The molecule has 208 valence electrons. The molecular weight excluding hydrogens is 466 g/mol. The highest BCUT2D eigenvalue weighted by molar-refractivity contribution is 5.94. The Morgan fingerprint density at radius 1 is 0.806 bits per heavy atom. The number of hydrogen-bond acceptors (Lipinski definition) is 6. The van der Waals surface area contributed by atoms with Gasteiger partial charge in [-0.05, 0) is 43.4 Å². The Balaban J connectivity index is 5.68. The number of amides is 3. The average Bonchev–Trinajstić information content (AvgIpc) is 2.77. The van der Waals surface area contributed by atoms with Gasteiger partial charge in [0.2, 0.25) is 17.7 Å². The lowest BCUT2D eigenvalue weighted by Crippen LogP contribution is -2.58. The lowest BCUT2D eigenvalue weighted by molar-refractivity contribution is -0.143. The monoisotopic (exact) mass is 513 g/mol. The number of carbonyl (C=O) groups excluding carboxylic acids is 3. The van der Waals surface area contributed by atoms with Crippen LogP contribution in [0.4, 0.5) is 0 Å². The number of guanidine groups is 1. The van der Waals surface area contributed by atoms with E-state index in [0.29, 0.717) is 19.3 Å². The molecule has 36 heavy (non-hydrogen) atoms. The SMILES string of the molecule is CCC(C)C(N)C(=O)NC(CC(C)C)C(=O)NC(CCCN=C(N)N)C(=O)NC(CC(C)C)C(=O)O. The largest absolute Gasteiger partial charge is 0.480 e. The predicted molar refractivity (Wildman–Crippen MR) is 140 cm³/mol. The molecule has 0 radical (unpaired) electrons. The summed E-state index contributed by atoms with van der Waals surface area (Å²) in [7, 11) is 0. The number of nitrogens with two attached hydrogens (primary N) is 3. The molecule has 12 heteroatoms. The molecule has 5 atom stereocenters. The van der Waals surface area contributed by atoms with Crippen LogP contribution in [0.5, 0.6) is 0 Å². The van der Waals surface area contributed by atoms with Crippen LogP contribution in [0.25, 0.3) is 0 Å². The molecule has 12 nitrogen and oxygen atoms in total. The molecule has 0 aliphatic rings. The van der Waals surface area contributed by atoms with Gasteiger partial charge in [0.05, 0.1) is 6.04 Å². The van der Waals surface area contributed by atoms with Crippen molar-refractivity contribution in [3.63, 3.8) is 0 Å². The fraction of sp³-hybridized carbons (Fsp3) is 0.792. The van der Waals surface area contributed by atoms with Crippen molar-refractivity contribution in [3.05, 3.63) is 0 Å². The summed E-state index contributed by atoms with van der Waals surface area (Å²) in [5.41, 5.74) is 16.7. The molecule has 0 aromatic heterocycles. The van der Waals surface area contributed by atoms with Gasteiger partial charge < -0.3 is 38.3 Å². The maximum Gasteiger partial charge on any atom is 0.326 e. The van der Waals surface area contributed by atoms with Crippen LogP contribution in [0.3, 0.4) is 0 Å². The van der Waals surface area contributed by atoms with Crippen molar-refractivity contribution in [1.29, 1.82) is 0 Å². The van der Waals surface area contributed by atoms with Gasteiger partial charge in [-0.25, -0.2) is 4.79 Å². The van der Waals surface area contributed by atoms with Crippen LogP contribution < -0.4 is 33.2 Å². The minimum Gasteiger partial charge on any atom is -0.480 e. The molecule has 0 heterocycles. The van der Waals surface area contributed by atoms with Crippen LogP contribution in [0.15, 0.2) is 4.99 Å². The van der Waals surface area contributed by atoms with E-state index in [1.165, 1.54) is 0 Å². The summed E-state index contributed by atoms with van der Waals surface area (Å²) in [5.74, 6) is -2.86. The van der Waals surface area contributed by atoms with E-state index in [4.69, 9.17) is 17.2 Å². The highest BCUT2D eigenvalue weighted by Gasteiger charge is 2.31. The second-order valence-corrected chi connectivity index (χ2v) is 10.1. The molecule has 0 aromatic rings. The second kappa shape index (κ2) is 16.7. The van der Waals surface area contributed by atoms with Gasteiger partial charge in [-0.2, -0.15) is 0 Å². The minimum atomic E-state index is -1.16. The molecule has 0 aliphatic carbocycles. The van der Waals surface area contributed by atoms with Crippen molar-refractivity contribution in [2.75, 3.05) is 6.54 Å². The highest BCUT2D eigenvalue weighted by Crippen LogP contribution is 2.11. The van der Waals surface area contributed by atoms with Crippen molar-refractivity contribution < 1.29 is 24.3 Å². The zero-order chi connectivity index (χ0) is 28.0. The van der Waals surface area contributed by atoms with Gasteiger partial charge in [-0.1, -0.05) is 48.0 Å². The van der Waals surface area contributed by atoms with E-state index >= 15 is 0 Å². The van der Waals surface area contributed by atoms with E-state index in [1.54, 1.807) is 0 Å². The number of carboxylic acids is 1. The van der Waals surface area contributed by atoms with Gasteiger partial charge in [0.25, 0.3) is 0 Å².